The van der Waals surface area contributed by atoms with E-state index in [-0.39, 0.29) is 0 Å². The van der Waals surface area contributed by atoms with Gasteiger partial charge < -0.3 is 0 Å². The molecule has 2 heterocycles. The van der Waals surface area contributed by atoms with E-state index < -0.39 is 0 Å². The highest BCUT2D eigenvalue weighted by atomic mass is 35.5. The van der Waals surface area contributed by atoms with Crippen LogP contribution in [0.2, 0.25) is 5.02 Å². The van der Waals surface area contributed by atoms with Gasteiger partial charge in [-0.2, -0.15) is 5.26 Å². The van der Waals surface area contributed by atoms with Crippen LogP contribution in [0, 0.1) is 11.3 Å². The third-order valence-electron chi connectivity index (χ3n) is 2.75. The van der Waals surface area contributed by atoms with Crippen molar-refractivity contribution in [2.75, 3.05) is 0 Å². The average Bonchev–Trinajstić information content (AvgIpc) is 2.91. The van der Waals surface area contributed by atoms with Crippen LogP contribution in [-0.2, 0) is 6.54 Å². The van der Waals surface area contributed by atoms with E-state index in [1.807, 2.05) is 24.3 Å². The highest BCUT2D eigenvalue weighted by Crippen LogP contribution is 2.24. The number of aromatic nitrogens is 4. The number of nitriles is 1. The maximum absolute atomic E-state index is 8.90. The molecule has 0 saturated heterocycles. The summed E-state index contributed by atoms with van der Waals surface area (Å²) >= 11 is 6.12. The van der Waals surface area contributed by atoms with Crippen LogP contribution in [0.15, 0.2) is 36.7 Å². The number of rotatable bonds is 2. The van der Waals surface area contributed by atoms with Crippen LogP contribution < -0.4 is 0 Å². The molecule has 0 radical (unpaired) electrons. The molecule has 0 aliphatic rings. The van der Waals surface area contributed by atoms with Gasteiger partial charge in [-0.25, -0.2) is 9.67 Å². The molecular weight excluding hydrogens is 262 g/mol. The second kappa shape index (κ2) is 4.67. The zero-order valence-corrected chi connectivity index (χ0v) is 10.5. The molecule has 0 unspecified atom stereocenters. The fourth-order valence-electron chi connectivity index (χ4n) is 1.89. The van der Waals surface area contributed by atoms with Gasteiger partial charge in [-0.3, -0.25) is 0 Å². The zero-order valence-electron chi connectivity index (χ0n) is 9.79. The summed E-state index contributed by atoms with van der Waals surface area (Å²) in [7, 11) is 0. The molecule has 0 bridgehead atoms. The van der Waals surface area contributed by atoms with Gasteiger partial charge in [-0.1, -0.05) is 28.9 Å². The molecule has 1 aromatic carbocycles. The normalized spacial score (nSPS) is 10.5. The molecule has 0 fully saturated rings. The number of halogens is 1. The Balaban J connectivity index is 2.07. The first-order chi connectivity index (χ1) is 9.26. The molecule has 0 amide bonds. The van der Waals surface area contributed by atoms with Crippen LogP contribution in [0.1, 0.15) is 11.3 Å². The maximum Gasteiger partial charge on any atom is 0.142 e. The smallest absolute Gasteiger partial charge is 0.142 e. The van der Waals surface area contributed by atoms with Crippen molar-refractivity contribution in [3.8, 4) is 6.07 Å². The fourth-order valence-corrected chi connectivity index (χ4v) is 2.15. The van der Waals surface area contributed by atoms with Gasteiger partial charge in [0, 0.05) is 11.6 Å². The van der Waals surface area contributed by atoms with Gasteiger partial charge >= 0.3 is 0 Å². The van der Waals surface area contributed by atoms with Crippen LogP contribution in [0.25, 0.3) is 10.9 Å². The summed E-state index contributed by atoms with van der Waals surface area (Å²) < 4.78 is 1.72. The van der Waals surface area contributed by atoms with E-state index in [0.717, 1.165) is 10.9 Å². The van der Waals surface area contributed by atoms with Crippen molar-refractivity contribution in [1.29, 1.82) is 5.26 Å². The highest BCUT2D eigenvalue weighted by Gasteiger charge is 2.05. The van der Waals surface area contributed by atoms with Crippen molar-refractivity contribution >= 4 is 22.5 Å². The molecular formula is C13H8ClN5. The summed E-state index contributed by atoms with van der Waals surface area (Å²) in [5.74, 6) is 0. The first-order valence-corrected chi connectivity index (χ1v) is 5.97. The SMILES string of the molecule is N#Cc1cc(Cl)c2ccc(Cn3ccnn3)cc2n1. The van der Waals surface area contributed by atoms with Crippen LogP contribution >= 0.6 is 11.6 Å². The summed E-state index contributed by atoms with van der Waals surface area (Å²) in [6.07, 6.45) is 3.42. The Morgan fingerprint density at radius 3 is 2.95 bits per heavy atom. The lowest BCUT2D eigenvalue weighted by Gasteiger charge is -2.05. The average molecular weight is 270 g/mol. The van der Waals surface area contributed by atoms with Gasteiger partial charge in [-0.05, 0) is 17.7 Å². The van der Waals surface area contributed by atoms with Gasteiger partial charge in [0.1, 0.15) is 11.8 Å². The molecule has 2 aromatic heterocycles. The van der Waals surface area contributed by atoms with Crippen LogP contribution in [0.4, 0.5) is 0 Å². The predicted octanol–water partition coefficient (Wildman–Crippen LogP) is 2.40. The minimum atomic E-state index is 0.315. The Morgan fingerprint density at radius 2 is 2.21 bits per heavy atom. The molecule has 0 aliphatic carbocycles. The van der Waals surface area contributed by atoms with Crippen molar-refractivity contribution in [1.82, 2.24) is 20.0 Å². The van der Waals surface area contributed by atoms with Gasteiger partial charge in [0.15, 0.2) is 0 Å². The first kappa shape index (κ1) is 11.6. The molecule has 6 heteroatoms. The predicted molar refractivity (Wildman–Crippen MR) is 70.6 cm³/mol. The lowest BCUT2D eigenvalue weighted by atomic mass is 10.1. The van der Waals surface area contributed by atoms with Crippen LogP contribution in [0.5, 0.6) is 0 Å². The Hall–Kier alpha value is -2.45. The second-order valence-electron chi connectivity index (χ2n) is 4.05. The number of benzene rings is 1. The molecule has 92 valence electrons. The third kappa shape index (κ3) is 2.26. The molecule has 0 N–H and O–H groups in total. The molecule has 0 saturated carbocycles. The Labute approximate surface area is 114 Å². The minimum Gasteiger partial charge on any atom is -0.248 e. The number of fused-ring (bicyclic) bond motifs is 1. The van der Waals surface area contributed by atoms with E-state index in [0.29, 0.717) is 22.8 Å². The van der Waals surface area contributed by atoms with E-state index in [9.17, 15) is 0 Å². The summed E-state index contributed by atoms with van der Waals surface area (Å²) in [5, 5.41) is 17.9. The topological polar surface area (TPSA) is 67.4 Å². The van der Waals surface area contributed by atoms with Crippen molar-refractivity contribution < 1.29 is 0 Å². The number of pyridine rings is 1. The summed E-state index contributed by atoms with van der Waals surface area (Å²) in [4.78, 5) is 4.25. The monoisotopic (exact) mass is 269 g/mol. The van der Waals surface area contributed by atoms with E-state index >= 15 is 0 Å². The van der Waals surface area contributed by atoms with Gasteiger partial charge in [-0.15, -0.1) is 5.10 Å². The van der Waals surface area contributed by atoms with Crippen molar-refractivity contribution in [2.45, 2.75) is 6.54 Å². The highest BCUT2D eigenvalue weighted by molar-refractivity contribution is 6.35. The van der Waals surface area contributed by atoms with E-state index in [1.54, 1.807) is 23.1 Å². The second-order valence-corrected chi connectivity index (χ2v) is 4.46. The third-order valence-corrected chi connectivity index (χ3v) is 3.07. The van der Waals surface area contributed by atoms with E-state index in [4.69, 9.17) is 16.9 Å². The first-order valence-electron chi connectivity index (χ1n) is 5.59. The van der Waals surface area contributed by atoms with E-state index in [2.05, 4.69) is 15.3 Å². The molecule has 0 atom stereocenters. The molecule has 19 heavy (non-hydrogen) atoms. The van der Waals surface area contributed by atoms with Crippen molar-refractivity contribution in [2.24, 2.45) is 0 Å². The standard InChI is InChI=1S/C13H8ClN5/c14-12-6-10(7-15)17-13-5-9(1-2-11(12)13)8-19-4-3-16-18-19/h1-6H,8H2. The van der Waals surface area contributed by atoms with Crippen molar-refractivity contribution in [3.63, 3.8) is 0 Å². The molecule has 0 spiro atoms. The van der Waals surface area contributed by atoms with Crippen LogP contribution in [-0.4, -0.2) is 20.0 Å². The number of nitrogens with zero attached hydrogens (tertiary/aromatic N) is 5. The summed E-state index contributed by atoms with van der Waals surface area (Å²) in [6, 6.07) is 9.34. The minimum absolute atomic E-state index is 0.315. The number of hydrogen-bond donors (Lipinski definition) is 0. The zero-order chi connectivity index (χ0) is 13.2. The fraction of sp³-hybridized carbons (Fsp3) is 0.0769. The van der Waals surface area contributed by atoms with Gasteiger partial charge in [0.25, 0.3) is 0 Å². The lowest BCUT2D eigenvalue weighted by molar-refractivity contribution is 0.650. The molecule has 0 aliphatic heterocycles. The summed E-state index contributed by atoms with van der Waals surface area (Å²) in [5.41, 5.74) is 2.05. The van der Waals surface area contributed by atoms with Crippen molar-refractivity contribution in [3.05, 3.63) is 52.9 Å². The molecule has 5 nitrogen and oxygen atoms in total. The summed E-state index contributed by atoms with van der Waals surface area (Å²) in [6.45, 7) is 0.603. The van der Waals surface area contributed by atoms with Gasteiger partial charge in [0.2, 0.25) is 0 Å². The quantitative estimate of drug-likeness (QED) is 0.716. The largest absolute Gasteiger partial charge is 0.248 e. The van der Waals surface area contributed by atoms with Crippen LogP contribution in [0.3, 0.4) is 0 Å². The Morgan fingerprint density at radius 1 is 1.32 bits per heavy atom. The van der Waals surface area contributed by atoms with E-state index in [1.165, 1.54) is 0 Å². The molecule has 3 rings (SSSR count). The van der Waals surface area contributed by atoms with Gasteiger partial charge in [0.05, 0.1) is 23.3 Å². The Bertz CT molecular complexity index is 774. The maximum atomic E-state index is 8.90. The lowest BCUT2D eigenvalue weighted by Crippen LogP contribution is -2.00. The number of hydrogen-bond acceptors (Lipinski definition) is 4. The molecule has 3 aromatic rings. The Kier molecular flexibility index (Phi) is 2.86.